The summed E-state index contributed by atoms with van der Waals surface area (Å²) in [7, 11) is 1.61. The van der Waals surface area contributed by atoms with Crippen LogP contribution in [0.15, 0.2) is 55.0 Å². The van der Waals surface area contributed by atoms with E-state index in [9.17, 15) is 4.79 Å². The van der Waals surface area contributed by atoms with Gasteiger partial charge in [-0.15, -0.1) is 0 Å². The van der Waals surface area contributed by atoms with Gasteiger partial charge in [-0.2, -0.15) is 0 Å². The molecule has 8 heteroatoms. The van der Waals surface area contributed by atoms with Crippen LogP contribution in [0.1, 0.15) is 18.1 Å². The van der Waals surface area contributed by atoms with Crippen LogP contribution >= 0.6 is 23.2 Å². The average molecular weight is 440 g/mol. The summed E-state index contributed by atoms with van der Waals surface area (Å²) in [4.78, 5) is 15.9. The molecule has 1 fully saturated rings. The van der Waals surface area contributed by atoms with Crippen molar-refractivity contribution in [2.24, 2.45) is 5.73 Å². The van der Waals surface area contributed by atoms with E-state index in [1.807, 2.05) is 18.2 Å². The highest BCUT2D eigenvalue weighted by molar-refractivity contribution is 6.35. The molecule has 1 aromatic carbocycles. The topological polar surface area (TPSA) is 68.0 Å². The van der Waals surface area contributed by atoms with Crippen molar-refractivity contribution in [3.63, 3.8) is 0 Å². The van der Waals surface area contributed by atoms with Crippen LogP contribution in [0.2, 0.25) is 10.0 Å². The maximum Gasteiger partial charge on any atom is 0.405 e. The smallest absolute Gasteiger partial charge is 0.405 e. The minimum absolute atomic E-state index is 0.457. The number of hydrogen-bond donors (Lipinski definition) is 1. The Morgan fingerprint density at radius 2 is 2.03 bits per heavy atom. The fourth-order valence-corrected chi connectivity index (χ4v) is 3.76. The first-order valence-corrected chi connectivity index (χ1v) is 10.1. The normalized spacial score (nSPS) is 16.7. The van der Waals surface area contributed by atoms with E-state index in [0.717, 1.165) is 38.4 Å². The van der Waals surface area contributed by atoms with E-state index < -0.39 is 12.2 Å². The molecular weight excluding hydrogens is 413 g/mol. The Hall–Kier alpha value is -2.15. The number of piperazine rings is 1. The van der Waals surface area contributed by atoms with Crippen molar-refractivity contribution in [3.05, 3.63) is 70.6 Å². The summed E-state index contributed by atoms with van der Waals surface area (Å²) >= 11 is 12.2. The quantitative estimate of drug-likeness (QED) is 0.456. The number of ether oxygens (including phenoxy) is 2. The molecule has 2 rings (SSSR count). The highest BCUT2D eigenvalue weighted by Gasteiger charge is 2.22. The van der Waals surface area contributed by atoms with Gasteiger partial charge in [0.2, 0.25) is 0 Å². The van der Waals surface area contributed by atoms with Crippen LogP contribution in [-0.4, -0.2) is 55.7 Å². The lowest BCUT2D eigenvalue weighted by Gasteiger charge is -2.37. The van der Waals surface area contributed by atoms with E-state index in [0.29, 0.717) is 22.0 Å². The Bertz CT molecular complexity index is 760. The van der Waals surface area contributed by atoms with Crippen molar-refractivity contribution in [2.75, 3.05) is 39.8 Å². The van der Waals surface area contributed by atoms with E-state index in [1.54, 1.807) is 31.6 Å². The van der Waals surface area contributed by atoms with E-state index in [1.165, 1.54) is 0 Å². The summed E-state index contributed by atoms with van der Waals surface area (Å²) in [6.07, 6.45) is 6.55. The first-order chi connectivity index (χ1) is 13.9. The number of rotatable bonds is 9. The van der Waals surface area contributed by atoms with Crippen LogP contribution in [0, 0.1) is 0 Å². The number of methoxy groups -OCH3 is 1. The molecule has 1 atom stereocenters. The number of nitrogens with two attached hydrogens (primary N) is 1. The molecule has 1 amide bonds. The van der Waals surface area contributed by atoms with Gasteiger partial charge in [-0.3, -0.25) is 4.90 Å². The molecule has 6 nitrogen and oxygen atoms in total. The van der Waals surface area contributed by atoms with Crippen LogP contribution in [-0.2, 0) is 9.47 Å². The van der Waals surface area contributed by atoms with Crippen molar-refractivity contribution in [1.29, 1.82) is 0 Å². The number of allylic oxidation sites excluding steroid dienone is 3. The molecule has 0 radical (unpaired) electrons. The third-order valence-corrected chi connectivity index (χ3v) is 5.27. The molecule has 1 heterocycles. The SMILES string of the molecule is C=C/C(=C\C=C\OC)N1CCN(CCC(OC(N)=O)c2ccc(Cl)cc2Cl)CC1. The van der Waals surface area contributed by atoms with Gasteiger partial charge in [0.15, 0.2) is 0 Å². The molecule has 0 spiro atoms. The third-order valence-electron chi connectivity index (χ3n) is 4.70. The van der Waals surface area contributed by atoms with E-state index in [-0.39, 0.29) is 0 Å². The fourth-order valence-electron chi connectivity index (χ4n) is 3.23. The highest BCUT2D eigenvalue weighted by atomic mass is 35.5. The van der Waals surface area contributed by atoms with Crippen molar-refractivity contribution >= 4 is 29.3 Å². The lowest BCUT2D eigenvalue weighted by molar-refractivity contribution is 0.0840. The number of primary amides is 1. The van der Waals surface area contributed by atoms with Crippen molar-refractivity contribution in [1.82, 2.24) is 9.80 Å². The van der Waals surface area contributed by atoms with Gasteiger partial charge in [-0.1, -0.05) is 35.8 Å². The summed E-state index contributed by atoms with van der Waals surface area (Å²) in [5.41, 5.74) is 7.02. The second-order valence-electron chi connectivity index (χ2n) is 6.57. The molecule has 2 N–H and O–H groups in total. The number of halogens is 2. The van der Waals surface area contributed by atoms with Gasteiger partial charge in [0.1, 0.15) is 6.10 Å². The Balaban J connectivity index is 1.94. The molecule has 158 valence electrons. The molecule has 1 aromatic rings. The third kappa shape index (κ3) is 7.31. The van der Waals surface area contributed by atoms with Gasteiger partial charge in [0.05, 0.1) is 13.4 Å². The minimum Gasteiger partial charge on any atom is -0.504 e. The number of nitrogens with zero attached hydrogens (tertiary/aromatic N) is 2. The van der Waals surface area contributed by atoms with Gasteiger partial charge in [-0.05, 0) is 30.4 Å². The molecule has 1 aliphatic rings. The molecule has 29 heavy (non-hydrogen) atoms. The monoisotopic (exact) mass is 439 g/mol. The number of amides is 1. The van der Waals surface area contributed by atoms with Crippen LogP contribution < -0.4 is 5.73 Å². The molecule has 0 saturated carbocycles. The Labute approximate surface area is 182 Å². The summed E-state index contributed by atoms with van der Waals surface area (Å²) in [6, 6.07) is 5.13. The van der Waals surface area contributed by atoms with Gasteiger partial charge in [0, 0.05) is 60.5 Å². The molecular formula is C21H27Cl2N3O3. The summed E-state index contributed by atoms with van der Waals surface area (Å²) in [5, 5.41) is 0.984. The lowest BCUT2D eigenvalue weighted by Crippen LogP contribution is -2.46. The Morgan fingerprint density at radius 3 is 2.62 bits per heavy atom. The van der Waals surface area contributed by atoms with Crippen molar-refractivity contribution in [2.45, 2.75) is 12.5 Å². The minimum atomic E-state index is -0.823. The van der Waals surface area contributed by atoms with Crippen LogP contribution in [0.25, 0.3) is 0 Å². The van der Waals surface area contributed by atoms with E-state index in [2.05, 4.69) is 16.4 Å². The van der Waals surface area contributed by atoms with Crippen molar-refractivity contribution in [3.8, 4) is 0 Å². The Morgan fingerprint density at radius 1 is 1.31 bits per heavy atom. The number of carbonyl (C=O) groups excluding carboxylic acids is 1. The van der Waals surface area contributed by atoms with E-state index >= 15 is 0 Å². The summed E-state index contributed by atoms with van der Waals surface area (Å²) in [6.45, 7) is 8.16. The maximum atomic E-state index is 11.4. The number of hydrogen-bond acceptors (Lipinski definition) is 5. The van der Waals surface area contributed by atoms with Gasteiger partial charge < -0.3 is 20.1 Å². The standard InChI is InChI=1S/C21H27Cl2N3O3/c1-3-17(5-4-14-28-2)26-12-10-25(11-13-26)9-8-20(29-21(24)27)18-7-6-16(22)15-19(18)23/h3-7,14-15,20H,1,8-13H2,2H3,(H2,24,27)/b14-4+,17-5+. The highest BCUT2D eigenvalue weighted by Crippen LogP contribution is 2.31. The molecule has 1 unspecified atom stereocenters. The van der Waals surface area contributed by atoms with Crippen LogP contribution in [0.4, 0.5) is 4.79 Å². The first-order valence-electron chi connectivity index (χ1n) is 9.35. The second-order valence-corrected chi connectivity index (χ2v) is 7.41. The molecule has 0 aromatic heterocycles. The molecule has 0 bridgehead atoms. The zero-order chi connectivity index (χ0) is 21.2. The first kappa shape index (κ1) is 23.1. The zero-order valence-electron chi connectivity index (χ0n) is 16.5. The zero-order valence-corrected chi connectivity index (χ0v) is 18.0. The van der Waals surface area contributed by atoms with Crippen LogP contribution in [0.5, 0.6) is 0 Å². The largest absolute Gasteiger partial charge is 0.504 e. The molecule has 1 aliphatic heterocycles. The maximum absolute atomic E-state index is 11.4. The second kappa shape index (κ2) is 11.8. The summed E-state index contributed by atoms with van der Waals surface area (Å²) < 4.78 is 10.2. The van der Waals surface area contributed by atoms with Gasteiger partial charge >= 0.3 is 6.09 Å². The fraction of sp³-hybridized carbons (Fsp3) is 0.381. The summed E-state index contributed by atoms with van der Waals surface area (Å²) in [5.74, 6) is 0. The predicted molar refractivity (Wildman–Crippen MR) is 117 cm³/mol. The Kier molecular flexibility index (Phi) is 9.38. The van der Waals surface area contributed by atoms with Crippen molar-refractivity contribution < 1.29 is 14.3 Å². The molecule has 0 aliphatic carbocycles. The average Bonchev–Trinajstić information content (AvgIpc) is 2.69. The lowest BCUT2D eigenvalue weighted by atomic mass is 10.1. The number of benzene rings is 1. The number of carbonyl (C=O) groups is 1. The van der Waals surface area contributed by atoms with Crippen LogP contribution in [0.3, 0.4) is 0 Å². The predicted octanol–water partition coefficient (Wildman–Crippen LogP) is 4.37. The van der Waals surface area contributed by atoms with Gasteiger partial charge in [-0.25, -0.2) is 4.79 Å². The van der Waals surface area contributed by atoms with Gasteiger partial charge in [0.25, 0.3) is 0 Å². The molecule has 1 saturated heterocycles. The van der Waals surface area contributed by atoms with E-state index in [4.69, 9.17) is 38.4 Å².